The van der Waals surface area contributed by atoms with E-state index >= 15 is 0 Å². The first-order valence-corrected chi connectivity index (χ1v) is 10.3. The lowest BCUT2D eigenvalue weighted by atomic mass is 9.86. The van der Waals surface area contributed by atoms with Gasteiger partial charge >= 0.3 is 0 Å². The summed E-state index contributed by atoms with van der Waals surface area (Å²) in [4.78, 5) is 31.5. The highest BCUT2D eigenvalue weighted by Crippen LogP contribution is 2.37. The highest BCUT2D eigenvalue weighted by molar-refractivity contribution is 7.19. The SMILES string of the molecule is CCc1sc2nc(C)n(C(C)C(N)=O)c(=O)c2c1-c1ccc(C(C)(C)C)cc1. The number of nitrogens with zero attached hydrogens (tertiary/aromatic N) is 2. The Morgan fingerprint density at radius 3 is 2.36 bits per heavy atom. The van der Waals surface area contributed by atoms with Gasteiger partial charge in [-0.15, -0.1) is 11.3 Å². The molecular formula is C22H27N3O2S. The van der Waals surface area contributed by atoms with Crippen LogP contribution in [0.4, 0.5) is 0 Å². The number of hydrogen-bond donors (Lipinski definition) is 1. The molecule has 2 N–H and O–H groups in total. The van der Waals surface area contributed by atoms with Crippen LogP contribution in [0.5, 0.6) is 0 Å². The number of carbonyl (C=O) groups is 1. The van der Waals surface area contributed by atoms with Gasteiger partial charge in [0.2, 0.25) is 5.91 Å². The van der Waals surface area contributed by atoms with Gasteiger partial charge in [0, 0.05) is 10.4 Å². The number of rotatable bonds is 4. The fourth-order valence-corrected chi connectivity index (χ4v) is 4.65. The van der Waals surface area contributed by atoms with E-state index in [0.29, 0.717) is 16.0 Å². The number of aryl methyl sites for hydroxylation is 2. The van der Waals surface area contributed by atoms with Crippen molar-refractivity contribution in [1.29, 1.82) is 0 Å². The lowest BCUT2D eigenvalue weighted by Crippen LogP contribution is -2.34. The first kappa shape index (κ1) is 20.3. The average Bonchev–Trinajstić information content (AvgIpc) is 2.99. The van der Waals surface area contributed by atoms with Crippen molar-refractivity contribution in [2.75, 3.05) is 0 Å². The zero-order valence-electron chi connectivity index (χ0n) is 17.3. The summed E-state index contributed by atoms with van der Waals surface area (Å²) < 4.78 is 1.41. The van der Waals surface area contributed by atoms with E-state index in [-0.39, 0.29) is 11.0 Å². The summed E-state index contributed by atoms with van der Waals surface area (Å²) in [5.41, 5.74) is 8.47. The van der Waals surface area contributed by atoms with Gasteiger partial charge in [-0.2, -0.15) is 0 Å². The van der Waals surface area contributed by atoms with Crippen LogP contribution in [0.3, 0.4) is 0 Å². The van der Waals surface area contributed by atoms with Gasteiger partial charge in [-0.05, 0) is 36.8 Å². The molecule has 1 atom stereocenters. The Hall–Kier alpha value is -2.47. The quantitative estimate of drug-likeness (QED) is 0.711. The van der Waals surface area contributed by atoms with E-state index in [9.17, 15) is 9.59 Å². The molecule has 5 nitrogen and oxygen atoms in total. The molecule has 6 heteroatoms. The Morgan fingerprint density at radius 1 is 1.25 bits per heavy atom. The molecule has 2 aromatic heterocycles. The molecule has 0 radical (unpaired) electrons. The van der Waals surface area contributed by atoms with Crippen LogP contribution in [-0.2, 0) is 16.6 Å². The monoisotopic (exact) mass is 397 g/mol. The van der Waals surface area contributed by atoms with Crippen molar-refractivity contribution in [3.8, 4) is 11.1 Å². The molecule has 0 aliphatic rings. The average molecular weight is 398 g/mol. The number of aromatic nitrogens is 2. The minimum Gasteiger partial charge on any atom is -0.368 e. The second-order valence-electron chi connectivity index (χ2n) is 8.17. The summed E-state index contributed by atoms with van der Waals surface area (Å²) in [6.07, 6.45) is 0.807. The normalized spacial score (nSPS) is 13.1. The van der Waals surface area contributed by atoms with Crippen molar-refractivity contribution in [1.82, 2.24) is 9.55 Å². The fourth-order valence-electron chi connectivity index (χ4n) is 3.49. The number of primary amides is 1. The van der Waals surface area contributed by atoms with Crippen LogP contribution in [-0.4, -0.2) is 15.5 Å². The first-order valence-electron chi connectivity index (χ1n) is 9.51. The Kier molecular flexibility index (Phi) is 5.19. The van der Waals surface area contributed by atoms with E-state index in [1.807, 2.05) is 0 Å². The van der Waals surface area contributed by atoms with Crippen molar-refractivity contribution in [2.24, 2.45) is 5.73 Å². The van der Waals surface area contributed by atoms with Crippen LogP contribution < -0.4 is 11.3 Å². The second kappa shape index (κ2) is 7.17. The van der Waals surface area contributed by atoms with Crippen LogP contribution in [0.2, 0.25) is 0 Å². The topological polar surface area (TPSA) is 78.0 Å². The van der Waals surface area contributed by atoms with E-state index in [2.05, 4.69) is 56.9 Å². The van der Waals surface area contributed by atoms with Crippen LogP contribution in [0, 0.1) is 6.92 Å². The van der Waals surface area contributed by atoms with E-state index < -0.39 is 11.9 Å². The zero-order valence-corrected chi connectivity index (χ0v) is 18.1. The molecule has 0 aliphatic carbocycles. The Labute approximate surface area is 169 Å². The molecule has 3 rings (SSSR count). The smallest absolute Gasteiger partial charge is 0.263 e. The number of benzene rings is 1. The maximum atomic E-state index is 13.4. The van der Waals surface area contributed by atoms with Gasteiger partial charge in [0.05, 0.1) is 5.39 Å². The Morgan fingerprint density at radius 2 is 1.86 bits per heavy atom. The predicted octanol–water partition coefficient (Wildman–Crippen LogP) is 4.34. The first-order chi connectivity index (χ1) is 13.1. The van der Waals surface area contributed by atoms with E-state index in [1.54, 1.807) is 25.2 Å². The number of carbonyl (C=O) groups excluding carboxylic acids is 1. The van der Waals surface area contributed by atoms with Crippen LogP contribution in [0.15, 0.2) is 29.1 Å². The van der Waals surface area contributed by atoms with Crippen molar-refractivity contribution < 1.29 is 4.79 Å². The number of nitrogens with two attached hydrogens (primary N) is 1. The van der Waals surface area contributed by atoms with Gasteiger partial charge in [-0.1, -0.05) is 52.0 Å². The molecule has 1 amide bonds. The second-order valence-corrected chi connectivity index (χ2v) is 9.26. The molecule has 0 spiro atoms. The minimum atomic E-state index is -0.745. The maximum Gasteiger partial charge on any atom is 0.263 e. The molecular weight excluding hydrogens is 370 g/mol. The van der Waals surface area contributed by atoms with Gasteiger partial charge < -0.3 is 5.73 Å². The maximum absolute atomic E-state index is 13.4. The lowest BCUT2D eigenvalue weighted by molar-refractivity contribution is -0.120. The largest absolute Gasteiger partial charge is 0.368 e. The molecule has 0 aliphatic heterocycles. The highest BCUT2D eigenvalue weighted by Gasteiger charge is 2.23. The van der Waals surface area contributed by atoms with Gasteiger partial charge in [0.1, 0.15) is 16.7 Å². The predicted molar refractivity (Wildman–Crippen MR) is 116 cm³/mol. The summed E-state index contributed by atoms with van der Waals surface area (Å²) in [5, 5.41) is 0.573. The molecule has 2 heterocycles. The van der Waals surface area contributed by atoms with Crippen molar-refractivity contribution in [3.05, 3.63) is 50.9 Å². The van der Waals surface area contributed by atoms with Crippen molar-refractivity contribution in [2.45, 2.75) is 59.4 Å². The van der Waals surface area contributed by atoms with E-state index in [1.165, 1.54) is 10.1 Å². The number of amides is 1. The molecule has 0 saturated heterocycles. The number of hydrogen-bond acceptors (Lipinski definition) is 4. The third-order valence-corrected chi connectivity index (χ3v) is 6.39. The lowest BCUT2D eigenvalue weighted by Gasteiger charge is -2.19. The molecule has 0 saturated carbocycles. The van der Waals surface area contributed by atoms with Gasteiger partial charge in [-0.3, -0.25) is 14.2 Å². The van der Waals surface area contributed by atoms with E-state index in [0.717, 1.165) is 22.4 Å². The molecule has 148 valence electrons. The third-order valence-electron chi connectivity index (χ3n) is 5.17. The van der Waals surface area contributed by atoms with E-state index in [4.69, 9.17) is 5.73 Å². The summed E-state index contributed by atoms with van der Waals surface area (Å²) in [6.45, 7) is 12.0. The van der Waals surface area contributed by atoms with Gasteiger partial charge in [-0.25, -0.2) is 4.98 Å². The molecule has 28 heavy (non-hydrogen) atoms. The molecule has 1 unspecified atom stereocenters. The van der Waals surface area contributed by atoms with Crippen LogP contribution >= 0.6 is 11.3 Å². The van der Waals surface area contributed by atoms with Crippen LogP contribution in [0.1, 0.15) is 56.9 Å². The fraction of sp³-hybridized carbons (Fsp3) is 0.409. The zero-order chi connectivity index (χ0) is 20.8. The third kappa shape index (κ3) is 3.37. The highest BCUT2D eigenvalue weighted by atomic mass is 32.1. The minimum absolute atomic E-state index is 0.0606. The molecule has 3 aromatic rings. The summed E-state index contributed by atoms with van der Waals surface area (Å²) >= 11 is 1.55. The van der Waals surface area contributed by atoms with Gasteiger partial charge in [0.25, 0.3) is 5.56 Å². The Bertz CT molecular complexity index is 1100. The number of thiophene rings is 1. The summed E-state index contributed by atoms with van der Waals surface area (Å²) in [6, 6.07) is 7.63. The Balaban J connectivity index is 2.32. The number of fused-ring (bicyclic) bond motifs is 1. The molecule has 0 bridgehead atoms. The van der Waals surface area contributed by atoms with Crippen molar-refractivity contribution >= 4 is 27.5 Å². The molecule has 1 aromatic carbocycles. The molecule has 0 fully saturated rings. The summed E-state index contributed by atoms with van der Waals surface area (Å²) in [5.74, 6) is -0.0456. The van der Waals surface area contributed by atoms with Crippen molar-refractivity contribution in [3.63, 3.8) is 0 Å². The van der Waals surface area contributed by atoms with Gasteiger partial charge in [0.15, 0.2) is 0 Å². The standard InChI is InChI=1S/C22H27N3O2S/c1-7-16-17(14-8-10-15(11-9-14)22(4,5)6)18-20(28-16)24-13(3)25(21(18)27)12(2)19(23)26/h8-12H,7H2,1-6H3,(H2,23,26). The van der Waals surface area contributed by atoms with Crippen LogP contribution in [0.25, 0.3) is 21.3 Å². The summed E-state index contributed by atoms with van der Waals surface area (Å²) in [7, 11) is 0.